The van der Waals surface area contributed by atoms with E-state index in [1.54, 1.807) is 4.68 Å². The molecule has 2 aromatic heterocycles. The molecule has 146 valence electrons. The van der Waals surface area contributed by atoms with Gasteiger partial charge in [-0.1, -0.05) is 30.3 Å². The SMILES string of the molecule is Cc1cc(C)n(CC(=O)N2CCC[C@H](c3ncc(Cc4ccccc4)o3)C2)n1. The Kier molecular flexibility index (Phi) is 5.28. The summed E-state index contributed by atoms with van der Waals surface area (Å²) in [5, 5.41) is 4.40. The molecular weight excluding hydrogens is 352 g/mol. The van der Waals surface area contributed by atoms with Crippen LogP contribution < -0.4 is 0 Å². The van der Waals surface area contributed by atoms with Gasteiger partial charge in [0.15, 0.2) is 5.89 Å². The smallest absolute Gasteiger partial charge is 0.244 e. The lowest BCUT2D eigenvalue weighted by Crippen LogP contribution is -2.41. The molecule has 1 aromatic carbocycles. The summed E-state index contributed by atoms with van der Waals surface area (Å²) in [6, 6.07) is 12.2. The normalized spacial score (nSPS) is 17.1. The molecule has 0 spiro atoms. The number of benzene rings is 1. The molecule has 28 heavy (non-hydrogen) atoms. The molecule has 0 N–H and O–H groups in total. The third kappa shape index (κ3) is 4.16. The van der Waals surface area contributed by atoms with Crippen molar-refractivity contribution in [2.24, 2.45) is 0 Å². The summed E-state index contributed by atoms with van der Waals surface area (Å²) in [5.41, 5.74) is 3.15. The van der Waals surface area contributed by atoms with Crippen molar-refractivity contribution in [1.82, 2.24) is 19.7 Å². The number of rotatable bonds is 5. The minimum Gasteiger partial charge on any atom is -0.445 e. The first-order valence-corrected chi connectivity index (χ1v) is 9.86. The summed E-state index contributed by atoms with van der Waals surface area (Å²) in [4.78, 5) is 19.2. The van der Waals surface area contributed by atoms with Gasteiger partial charge in [0.1, 0.15) is 12.3 Å². The Bertz CT molecular complexity index is 945. The van der Waals surface area contributed by atoms with Gasteiger partial charge in [0, 0.05) is 25.2 Å². The number of hydrogen-bond donors (Lipinski definition) is 0. The molecule has 1 aliphatic rings. The number of nitrogens with zero attached hydrogens (tertiary/aromatic N) is 4. The molecule has 1 amide bonds. The molecule has 0 saturated carbocycles. The zero-order valence-electron chi connectivity index (χ0n) is 16.5. The van der Waals surface area contributed by atoms with Crippen LogP contribution in [-0.2, 0) is 17.8 Å². The Morgan fingerprint density at radius 3 is 2.82 bits per heavy atom. The standard InChI is InChI=1S/C22H26N4O2/c1-16-11-17(2)26(24-16)15-21(27)25-10-6-9-19(14-25)22-23-13-20(28-22)12-18-7-4-3-5-8-18/h3-5,7-8,11,13,19H,6,9-10,12,14-15H2,1-2H3/t19-/m0/s1. The molecule has 1 atom stereocenters. The molecule has 0 aliphatic carbocycles. The number of hydrogen-bond acceptors (Lipinski definition) is 4. The van der Waals surface area contributed by atoms with Crippen molar-refractivity contribution in [3.63, 3.8) is 0 Å². The van der Waals surface area contributed by atoms with Gasteiger partial charge in [-0.2, -0.15) is 5.10 Å². The second-order valence-electron chi connectivity index (χ2n) is 7.59. The van der Waals surface area contributed by atoms with Gasteiger partial charge in [0.2, 0.25) is 5.91 Å². The fourth-order valence-electron chi connectivity index (χ4n) is 3.86. The Morgan fingerprint density at radius 2 is 2.07 bits per heavy atom. The Labute approximate surface area is 165 Å². The van der Waals surface area contributed by atoms with Crippen molar-refractivity contribution in [1.29, 1.82) is 0 Å². The lowest BCUT2D eigenvalue weighted by Gasteiger charge is -2.31. The van der Waals surface area contributed by atoms with Gasteiger partial charge in [-0.05, 0) is 38.3 Å². The number of piperidine rings is 1. The molecule has 0 radical (unpaired) electrons. The third-order valence-corrected chi connectivity index (χ3v) is 5.30. The molecule has 1 saturated heterocycles. The van der Waals surface area contributed by atoms with Gasteiger partial charge in [0.25, 0.3) is 0 Å². The highest BCUT2D eigenvalue weighted by molar-refractivity contribution is 5.76. The maximum atomic E-state index is 12.8. The van der Waals surface area contributed by atoms with E-state index in [-0.39, 0.29) is 18.4 Å². The maximum Gasteiger partial charge on any atom is 0.244 e. The highest BCUT2D eigenvalue weighted by atomic mass is 16.4. The third-order valence-electron chi connectivity index (χ3n) is 5.30. The minimum absolute atomic E-state index is 0.104. The first-order valence-electron chi connectivity index (χ1n) is 9.86. The molecule has 6 nitrogen and oxygen atoms in total. The van der Waals surface area contributed by atoms with Gasteiger partial charge in [-0.25, -0.2) is 4.98 Å². The van der Waals surface area contributed by atoms with Crippen molar-refractivity contribution in [2.75, 3.05) is 13.1 Å². The van der Waals surface area contributed by atoms with Crippen molar-refractivity contribution < 1.29 is 9.21 Å². The Balaban J connectivity index is 1.39. The lowest BCUT2D eigenvalue weighted by molar-refractivity contribution is -0.133. The number of aromatic nitrogens is 3. The van der Waals surface area contributed by atoms with E-state index in [4.69, 9.17) is 4.42 Å². The van der Waals surface area contributed by atoms with E-state index in [1.807, 2.05) is 49.2 Å². The molecule has 1 fully saturated rings. The van der Waals surface area contributed by atoms with E-state index in [0.717, 1.165) is 48.8 Å². The number of carbonyl (C=O) groups is 1. The number of carbonyl (C=O) groups excluding carboxylic acids is 1. The van der Waals surface area contributed by atoms with Crippen LogP contribution in [0.5, 0.6) is 0 Å². The van der Waals surface area contributed by atoms with E-state index in [9.17, 15) is 4.79 Å². The van der Waals surface area contributed by atoms with Crippen LogP contribution in [0.15, 0.2) is 47.0 Å². The predicted octanol–water partition coefficient (Wildman–Crippen LogP) is 3.48. The minimum atomic E-state index is 0.104. The Hall–Kier alpha value is -2.89. The number of likely N-dealkylation sites (tertiary alicyclic amines) is 1. The van der Waals surface area contributed by atoms with Gasteiger partial charge < -0.3 is 9.32 Å². The molecule has 0 bridgehead atoms. The quantitative estimate of drug-likeness (QED) is 0.682. The predicted molar refractivity (Wildman–Crippen MR) is 106 cm³/mol. The maximum absolute atomic E-state index is 12.8. The summed E-state index contributed by atoms with van der Waals surface area (Å²) in [5.74, 6) is 1.87. The van der Waals surface area contributed by atoms with Gasteiger partial charge in [-0.15, -0.1) is 0 Å². The van der Waals surface area contributed by atoms with Gasteiger partial charge in [0.05, 0.1) is 17.8 Å². The number of amides is 1. The largest absolute Gasteiger partial charge is 0.445 e. The Morgan fingerprint density at radius 1 is 1.25 bits per heavy atom. The zero-order valence-corrected chi connectivity index (χ0v) is 16.5. The summed E-state index contributed by atoms with van der Waals surface area (Å²) < 4.78 is 7.81. The van der Waals surface area contributed by atoms with Crippen molar-refractivity contribution in [3.05, 3.63) is 71.2 Å². The van der Waals surface area contributed by atoms with Crippen LogP contribution in [-0.4, -0.2) is 38.7 Å². The van der Waals surface area contributed by atoms with Crippen molar-refractivity contribution >= 4 is 5.91 Å². The molecule has 6 heteroatoms. The van der Waals surface area contributed by atoms with Crippen LogP contribution in [0.25, 0.3) is 0 Å². The van der Waals surface area contributed by atoms with E-state index in [1.165, 1.54) is 5.56 Å². The molecular formula is C22H26N4O2. The molecule has 0 unspecified atom stereocenters. The van der Waals surface area contributed by atoms with Crippen LogP contribution in [0.3, 0.4) is 0 Å². The van der Waals surface area contributed by atoms with Crippen LogP contribution in [0.1, 0.15) is 47.4 Å². The van der Waals surface area contributed by atoms with E-state index >= 15 is 0 Å². The highest BCUT2D eigenvalue weighted by Crippen LogP contribution is 2.27. The van der Waals surface area contributed by atoms with Crippen LogP contribution in [0.2, 0.25) is 0 Å². The topological polar surface area (TPSA) is 64.2 Å². The summed E-state index contributed by atoms with van der Waals surface area (Å²) in [6.45, 7) is 5.65. The molecule has 3 aromatic rings. The van der Waals surface area contributed by atoms with Crippen molar-refractivity contribution in [3.8, 4) is 0 Å². The first kappa shape index (κ1) is 18.5. The van der Waals surface area contributed by atoms with Gasteiger partial charge >= 0.3 is 0 Å². The molecule has 1 aliphatic heterocycles. The van der Waals surface area contributed by atoms with Crippen molar-refractivity contribution in [2.45, 2.75) is 45.6 Å². The van der Waals surface area contributed by atoms with E-state index < -0.39 is 0 Å². The second-order valence-corrected chi connectivity index (χ2v) is 7.59. The average molecular weight is 378 g/mol. The second kappa shape index (κ2) is 8.00. The van der Waals surface area contributed by atoms with E-state index in [0.29, 0.717) is 6.54 Å². The fourth-order valence-corrected chi connectivity index (χ4v) is 3.86. The van der Waals surface area contributed by atoms with E-state index in [2.05, 4.69) is 22.2 Å². The first-order chi connectivity index (χ1) is 13.6. The number of oxazole rings is 1. The summed E-state index contributed by atoms with van der Waals surface area (Å²) in [6.07, 6.45) is 4.51. The lowest BCUT2D eigenvalue weighted by atomic mass is 9.98. The monoisotopic (exact) mass is 378 g/mol. The zero-order chi connectivity index (χ0) is 19.5. The molecule has 4 rings (SSSR count). The van der Waals surface area contributed by atoms with Crippen LogP contribution >= 0.6 is 0 Å². The summed E-state index contributed by atoms with van der Waals surface area (Å²) >= 11 is 0. The van der Waals surface area contributed by atoms with Gasteiger partial charge in [-0.3, -0.25) is 9.48 Å². The van der Waals surface area contributed by atoms with Crippen LogP contribution in [0, 0.1) is 13.8 Å². The fraction of sp³-hybridized carbons (Fsp3) is 0.409. The van der Waals surface area contributed by atoms with Crippen LogP contribution in [0.4, 0.5) is 0 Å². The average Bonchev–Trinajstić information content (AvgIpc) is 3.29. The summed E-state index contributed by atoms with van der Waals surface area (Å²) in [7, 11) is 0. The highest BCUT2D eigenvalue weighted by Gasteiger charge is 2.28. The number of aryl methyl sites for hydroxylation is 2. The molecule has 3 heterocycles.